The second kappa shape index (κ2) is 5.41. The Labute approximate surface area is 97.9 Å². The summed E-state index contributed by atoms with van der Waals surface area (Å²) in [6, 6.07) is 5.55. The summed E-state index contributed by atoms with van der Waals surface area (Å²) in [6.07, 6.45) is 6.49. The number of rotatable bonds is 6. The predicted octanol–water partition coefficient (Wildman–Crippen LogP) is 1.65. The third-order valence-electron chi connectivity index (χ3n) is 3.31. The van der Waals surface area contributed by atoms with Gasteiger partial charge in [0.2, 0.25) is 0 Å². The molecule has 16 heavy (non-hydrogen) atoms. The summed E-state index contributed by atoms with van der Waals surface area (Å²) >= 11 is 0. The summed E-state index contributed by atoms with van der Waals surface area (Å²) in [6.45, 7) is 4.24. The van der Waals surface area contributed by atoms with Crippen molar-refractivity contribution in [3.8, 4) is 0 Å². The summed E-state index contributed by atoms with van der Waals surface area (Å²) in [5, 5.41) is 3.48. The van der Waals surface area contributed by atoms with Crippen molar-refractivity contribution in [3.63, 3.8) is 0 Å². The number of hydrogen-bond donors (Lipinski definition) is 1. The second-order valence-corrected chi connectivity index (χ2v) is 4.74. The number of nitrogens with one attached hydrogen (secondary N) is 1. The first-order chi connectivity index (χ1) is 7.77. The van der Waals surface area contributed by atoms with Gasteiger partial charge in [0.25, 0.3) is 0 Å². The minimum absolute atomic E-state index is 0.615. The molecule has 0 aliphatic heterocycles. The van der Waals surface area contributed by atoms with E-state index in [2.05, 4.69) is 35.2 Å². The van der Waals surface area contributed by atoms with Gasteiger partial charge in [-0.3, -0.25) is 9.88 Å². The number of aromatic nitrogens is 1. The van der Waals surface area contributed by atoms with Crippen LogP contribution in [0, 0.1) is 0 Å². The molecule has 0 bridgehead atoms. The molecule has 1 N–H and O–H groups in total. The van der Waals surface area contributed by atoms with Gasteiger partial charge in [-0.15, -0.1) is 0 Å². The van der Waals surface area contributed by atoms with E-state index in [1.165, 1.54) is 18.4 Å². The Balaban J connectivity index is 1.67. The molecule has 1 unspecified atom stereocenters. The minimum Gasteiger partial charge on any atom is -0.311 e. The fourth-order valence-corrected chi connectivity index (χ4v) is 1.91. The molecule has 88 valence electrons. The Bertz CT molecular complexity index is 308. The molecule has 0 amide bonds. The normalized spacial score (nSPS) is 17.7. The summed E-state index contributed by atoms with van der Waals surface area (Å²) in [4.78, 5) is 6.59. The highest BCUT2D eigenvalue weighted by Crippen LogP contribution is 2.26. The number of pyridine rings is 1. The zero-order valence-corrected chi connectivity index (χ0v) is 10.2. The molecule has 0 saturated heterocycles. The van der Waals surface area contributed by atoms with Crippen LogP contribution in [-0.4, -0.2) is 35.6 Å². The Hall–Kier alpha value is -0.930. The molecule has 1 aliphatic rings. The van der Waals surface area contributed by atoms with Crippen LogP contribution in [0.4, 0.5) is 0 Å². The van der Waals surface area contributed by atoms with E-state index in [0.29, 0.717) is 6.04 Å². The zero-order chi connectivity index (χ0) is 11.4. The monoisotopic (exact) mass is 219 g/mol. The lowest BCUT2D eigenvalue weighted by Gasteiger charge is -2.24. The average Bonchev–Trinajstić information content (AvgIpc) is 3.13. The number of likely N-dealkylation sites (N-methyl/N-ethyl adjacent to an activating group) is 1. The molecule has 1 aromatic rings. The lowest BCUT2D eigenvalue weighted by molar-refractivity contribution is 0.241. The SMILES string of the molecule is CC(CNCc1cccnc1)N(C)C1CC1. The zero-order valence-electron chi connectivity index (χ0n) is 10.2. The summed E-state index contributed by atoms with van der Waals surface area (Å²) in [5.41, 5.74) is 1.25. The van der Waals surface area contributed by atoms with Gasteiger partial charge in [0.1, 0.15) is 0 Å². The second-order valence-electron chi connectivity index (χ2n) is 4.74. The quantitative estimate of drug-likeness (QED) is 0.788. The molecular weight excluding hydrogens is 198 g/mol. The van der Waals surface area contributed by atoms with E-state index in [0.717, 1.165) is 19.1 Å². The molecule has 1 aromatic heterocycles. The molecule has 1 heterocycles. The van der Waals surface area contributed by atoms with Crippen molar-refractivity contribution in [2.75, 3.05) is 13.6 Å². The van der Waals surface area contributed by atoms with E-state index in [9.17, 15) is 0 Å². The Morgan fingerprint density at radius 1 is 1.56 bits per heavy atom. The molecule has 0 aromatic carbocycles. The van der Waals surface area contributed by atoms with Crippen molar-refractivity contribution in [1.82, 2.24) is 15.2 Å². The standard InChI is InChI=1S/C13H21N3/c1-11(16(2)13-5-6-13)8-15-10-12-4-3-7-14-9-12/h3-4,7,9,11,13,15H,5-6,8,10H2,1-2H3. The highest BCUT2D eigenvalue weighted by molar-refractivity contribution is 5.07. The molecule has 2 rings (SSSR count). The van der Waals surface area contributed by atoms with Gasteiger partial charge in [-0.25, -0.2) is 0 Å². The maximum atomic E-state index is 4.11. The molecule has 3 heteroatoms. The van der Waals surface area contributed by atoms with Gasteiger partial charge in [0.15, 0.2) is 0 Å². The largest absolute Gasteiger partial charge is 0.311 e. The Morgan fingerprint density at radius 2 is 2.38 bits per heavy atom. The van der Waals surface area contributed by atoms with Gasteiger partial charge in [0, 0.05) is 37.6 Å². The highest BCUT2D eigenvalue weighted by atomic mass is 15.2. The topological polar surface area (TPSA) is 28.2 Å². The maximum absolute atomic E-state index is 4.11. The van der Waals surface area contributed by atoms with Crippen LogP contribution in [0.5, 0.6) is 0 Å². The fourth-order valence-electron chi connectivity index (χ4n) is 1.91. The van der Waals surface area contributed by atoms with E-state index in [-0.39, 0.29) is 0 Å². The van der Waals surface area contributed by atoms with Crippen molar-refractivity contribution >= 4 is 0 Å². The molecule has 1 saturated carbocycles. The Morgan fingerprint density at radius 3 is 3.00 bits per heavy atom. The predicted molar refractivity (Wildman–Crippen MR) is 66.2 cm³/mol. The molecule has 3 nitrogen and oxygen atoms in total. The van der Waals surface area contributed by atoms with Crippen molar-refractivity contribution in [2.24, 2.45) is 0 Å². The summed E-state index contributed by atoms with van der Waals surface area (Å²) in [7, 11) is 2.23. The van der Waals surface area contributed by atoms with Crippen molar-refractivity contribution < 1.29 is 0 Å². The molecular formula is C13H21N3. The first kappa shape index (κ1) is 11.6. The third-order valence-corrected chi connectivity index (χ3v) is 3.31. The smallest absolute Gasteiger partial charge is 0.0312 e. The lowest BCUT2D eigenvalue weighted by Crippen LogP contribution is -2.38. The minimum atomic E-state index is 0.615. The van der Waals surface area contributed by atoms with Crippen LogP contribution in [0.3, 0.4) is 0 Å². The third kappa shape index (κ3) is 3.29. The lowest BCUT2D eigenvalue weighted by atomic mass is 10.2. The van der Waals surface area contributed by atoms with Gasteiger partial charge in [-0.1, -0.05) is 6.07 Å². The van der Waals surface area contributed by atoms with E-state index >= 15 is 0 Å². The molecule has 0 radical (unpaired) electrons. The summed E-state index contributed by atoms with van der Waals surface area (Å²) in [5.74, 6) is 0. The number of nitrogens with zero attached hydrogens (tertiary/aromatic N) is 2. The van der Waals surface area contributed by atoms with Gasteiger partial charge in [-0.2, -0.15) is 0 Å². The first-order valence-corrected chi connectivity index (χ1v) is 6.09. The van der Waals surface area contributed by atoms with Gasteiger partial charge in [-0.05, 0) is 38.4 Å². The fraction of sp³-hybridized carbons (Fsp3) is 0.615. The van der Waals surface area contributed by atoms with Crippen LogP contribution in [0.15, 0.2) is 24.5 Å². The number of hydrogen-bond acceptors (Lipinski definition) is 3. The van der Waals surface area contributed by atoms with E-state index < -0.39 is 0 Å². The van der Waals surface area contributed by atoms with Crippen LogP contribution in [0.2, 0.25) is 0 Å². The van der Waals surface area contributed by atoms with E-state index in [1.807, 2.05) is 18.5 Å². The van der Waals surface area contributed by atoms with Gasteiger partial charge in [0.05, 0.1) is 0 Å². The molecule has 1 fully saturated rings. The van der Waals surface area contributed by atoms with Crippen LogP contribution in [0.25, 0.3) is 0 Å². The summed E-state index contributed by atoms with van der Waals surface area (Å²) < 4.78 is 0. The highest BCUT2D eigenvalue weighted by Gasteiger charge is 2.28. The molecule has 1 atom stereocenters. The van der Waals surface area contributed by atoms with Crippen LogP contribution in [0.1, 0.15) is 25.3 Å². The van der Waals surface area contributed by atoms with Gasteiger partial charge < -0.3 is 5.32 Å². The van der Waals surface area contributed by atoms with Crippen LogP contribution < -0.4 is 5.32 Å². The Kier molecular flexibility index (Phi) is 3.91. The maximum Gasteiger partial charge on any atom is 0.0312 e. The van der Waals surface area contributed by atoms with Crippen molar-refractivity contribution in [3.05, 3.63) is 30.1 Å². The van der Waals surface area contributed by atoms with Crippen molar-refractivity contribution in [2.45, 2.75) is 38.4 Å². The van der Waals surface area contributed by atoms with Crippen LogP contribution >= 0.6 is 0 Å². The molecule has 0 spiro atoms. The van der Waals surface area contributed by atoms with Crippen molar-refractivity contribution in [1.29, 1.82) is 0 Å². The van der Waals surface area contributed by atoms with E-state index in [1.54, 1.807) is 0 Å². The first-order valence-electron chi connectivity index (χ1n) is 6.09. The molecule has 1 aliphatic carbocycles. The van der Waals surface area contributed by atoms with E-state index in [4.69, 9.17) is 0 Å². The average molecular weight is 219 g/mol. The van der Waals surface area contributed by atoms with Gasteiger partial charge >= 0.3 is 0 Å². The van der Waals surface area contributed by atoms with Crippen LogP contribution in [-0.2, 0) is 6.54 Å².